The van der Waals surface area contributed by atoms with Crippen molar-refractivity contribution in [3.8, 4) is 0 Å². The van der Waals surface area contributed by atoms with Gasteiger partial charge in [0.1, 0.15) is 11.4 Å². The number of imidazole rings is 1. The van der Waals surface area contributed by atoms with Gasteiger partial charge in [-0.3, -0.25) is 4.79 Å². The summed E-state index contributed by atoms with van der Waals surface area (Å²) >= 11 is 0. The van der Waals surface area contributed by atoms with Crippen molar-refractivity contribution in [2.45, 2.75) is 59.1 Å². The predicted octanol–water partition coefficient (Wildman–Crippen LogP) is 3.33. The molecular weight excluding hydrogens is 322 g/mol. The second kappa shape index (κ2) is 6.38. The van der Waals surface area contributed by atoms with Crippen LogP contribution in [0.15, 0.2) is 16.7 Å². The van der Waals surface area contributed by atoms with Crippen LogP contribution in [0.25, 0.3) is 0 Å². The van der Waals surface area contributed by atoms with Gasteiger partial charge in [-0.1, -0.05) is 0 Å². The summed E-state index contributed by atoms with van der Waals surface area (Å²) in [6, 6.07) is 1.71. The first-order valence-electron chi connectivity index (χ1n) is 8.44. The lowest BCUT2D eigenvalue weighted by atomic mass is 10.1. The second-order valence-corrected chi connectivity index (χ2v) is 7.22. The van der Waals surface area contributed by atoms with Gasteiger partial charge in [-0.2, -0.15) is 0 Å². The summed E-state index contributed by atoms with van der Waals surface area (Å²) < 4.78 is 12.6. The zero-order valence-electron chi connectivity index (χ0n) is 15.0. The fourth-order valence-corrected chi connectivity index (χ4v) is 2.87. The van der Waals surface area contributed by atoms with E-state index in [4.69, 9.17) is 9.15 Å². The van der Waals surface area contributed by atoms with Gasteiger partial charge in [0.15, 0.2) is 17.3 Å². The van der Waals surface area contributed by atoms with Crippen LogP contribution in [0.5, 0.6) is 0 Å². The van der Waals surface area contributed by atoms with Crippen molar-refractivity contribution in [2.24, 2.45) is 0 Å². The number of nitrogens with one attached hydrogen (secondary N) is 1. The van der Waals surface area contributed by atoms with Gasteiger partial charge in [0, 0.05) is 18.5 Å². The summed E-state index contributed by atoms with van der Waals surface area (Å²) in [5.41, 5.74) is 0.387. The van der Waals surface area contributed by atoms with Gasteiger partial charge in [0.25, 0.3) is 5.91 Å². The number of furan rings is 1. The van der Waals surface area contributed by atoms with Crippen LogP contribution in [0.4, 0.5) is 5.82 Å². The molecule has 0 unspecified atom stereocenters. The fourth-order valence-electron chi connectivity index (χ4n) is 2.87. The van der Waals surface area contributed by atoms with Gasteiger partial charge in [-0.25, -0.2) is 9.78 Å². The van der Waals surface area contributed by atoms with Gasteiger partial charge in [-0.05, 0) is 46.6 Å². The highest BCUT2D eigenvalue weighted by Gasteiger charge is 2.30. The Bertz CT molecular complexity index is 811. The number of esters is 1. The predicted molar refractivity (Wildman–Crippen MR) is 91.7 cm³/mol. The molecule has 0 aliphatic carbocycles. The number of fused-ring (bicyclic) bond motifs is 1. The standard InChI is InChI=1S/C18H23N3O4/c1-11-8-10-24-14(11)16(22)20-15-13(17(23)25-18(2,3)4)21-9-6-5-7-12(21)19-15/h8,10H,5-7,9H2,1-4H3,(H,20,22). The van der Waals surface area contributed by atoms with E-state index in [0.29, 0.717) is 12.2 Å². The minimum atomic E-state index is -0.630. The number of carbonyl (C=O) groups excluding carboxylic acids is 2. The number of hydrogen-bond donors (Lipinski definition) is 1. The highest BCUT2D eigenvalue weighted by atomic mass is 16.6. The molecule has 0 bridgehead atoms. The van der Waals surface area contributed by atoms with Crippen molar-refractivity contribution in [1.82, 2.24) is 9.55 Å². The van der Waals surface area contributed by atoms with Gasteiger partial charge in [-0.15, -0.1) is 0 Å². The van der Waals surface area contributed by atoms with Crippen molar-refractivity contribution >= 4 is 17.7 Å². The number of rotatable bonds is 3. The molecule has 1 aliphatic heterocycles. The topological polar surface area (TPSA) is 86.4 Å². The molecule has 2 aromatic rings. The largest absolute Gasteiger partial charge is 0.459 e. The molecule has 0 saturated carbocycles. The van der Waals surface area contributed by atoms with Crippen LogP contribution in [-0.2, 0) is 17.7 Å². The van der Waals surface area contributed by atoms with E-state index in [0.717, 1.165) is 30.7 Å². The number of nitrogens with zero attached hydrogens (tertiary/aromatic N) is 2. The first kappa shape index (κ1) is 17.3. The summed E-state index contributed by atoms with van der Waals surface area (Å²) in [5.74, 6) is 0.314. The number of carbonyl (C=O) groups is 2. The normalized spacial score (nSPS) is 14.1. The smallest absolute Gasteiger partial charge is 0.359 e. The van der Waals surface area contributed by atoms with Crippen molar-refractivity contribution in [3.05, 3.63) is 35.2 Å². The van der Waals surface area contributed by atoms with E-state index in [-0.39, 0.29) is 11.6 Å². The molecule has 2 aromatic heterocycles. The van der Waals surface area contributed by atoms with Gasteiger partial charge in [0.05, 0.1) is 6.26 Å². The summed E-state index contributed by atoms with van der Waals surface area (Å²) in [5, 5.41) is 2.71. The zero-order chi connectivity index (χ0) is 18.2. The Morgan fingerprint density at radius 3 is 2.72 bits per heavy atom. The lowest BCUT2D eigenvalue weighted by Crippen LogP contribution is -2.27. The zero-order valence-corrected chi connectivity index (χ0v) is 15.0. The molecule has 25 heavy (non-hydrogen) atoms. The number of hydrogen-bond acceptors (Lipinski definition) is 5. The molecule has 3 rings (SSSR count). The third-order valence-corrected chi connectivity index (χ3v) is 3.97. The molecule has 1 N–H and O–H groups in total. The van der Waals surface area contributed by atoms with E-state index >= 15 is 0 Å². The van der Waals surface area contributed by atoms with E-state index in [9.17, 15) is 9.59 Å². The van der Waals surface area contributed by atoms with Gasteiger partial charge < -0.3 is 19.0 Å². The van der Waals surface area contributed by atoms with Crippen LogP contribution in [0, 0.1) is 6.92 Å². The van der Waals surface area contributed by atoms with Crippen LogP contribution >= 0.6 is 0 Å². The molecule has 0 spiro atoms. The van der Waals surface area contributed by atoms with Crippen molar-refractivity contribution in [3.63, 3.8) is 0 Å². The highest BCUT2D eigenvalue weighted by molar-refractivity contribution is 6.06. The van der Waals surface area contributed by atoms with E-state index in [1.54, 1.807) is 13.0 Å². The van der Waals surface area contributed by atoms with E-state index in [1.807, 2.05) is 25.3 Å². The Balaban J connectivity index is 1.95. The lowest BCUT2D eigenvalue weighted by Gasteiger charge is -2.21. The SMILES string of the molecule is Cc1ccoc1C(=O)Nc1nc2n(c1C(=O)OC(C)(C)C)CCCC2. The number of amides is 1. The average Bonchev–Trinajstić information content (AvgIpc) is 3.08. The Hall–Kier alpha value is -2.57. The van der Waals surface area contributed by atoms with Crippen LogP contribution in [0.1, 0.15) is 66.0 Å². The number of anilines is 1. The molecule has 0 atom stereocenters. The Morgan fingerprint density at radius 1 is 1.32 bits per heavy atom. The Morgan fingerprint density at radius 2 is 2.08 bits per heavy atom. The quantitative estimate of drug-likeness (QED) is 0.862. The molecule has 0 aromatic carbocycles. The van der Waals surface area contributed by atoms with Gasteiger partial charge in [0.2, 0.25) is 0 Å². The van der Waals surface area contributed by atoms with E-state index in [1.165, 1.54) is 6.26 Å². The highest BCUT2D eigenvalue weighted by Crippen LogP contribution is 2.26. The Kier molecular flexibility index (Phi) is 4.41. The summed E-state index contributed by atoms with van der Waals surface area (Å²) in [6.07, 6.45) is 4.20. The number of aryl methyl sites for hydroxylation is 2. The van der Waals surface area contributed by atoms with Crippen LogP contribution in [-0.4, -0.2) is 27.0 Å². The minimum absolute atomic E-state index is 0.209. The maximum Gasteiger partial charge on any atom is 0.359 e. The maximum atomic E-state index is 12.7. The molecular formula is C18H23N3O4. The third-order valence-electron chi connectivity index (χ3n) is 3.97. The molecule has 0 saturated heterocycles. The number of ether oxygens (including phenoxy) is 1. The first-order chi connectivity index (χ1) is 11.8. The van der Waals surface area contributed by atoms with E-state index < -0.39 is 17.5 Å². The van der Waals surface area contributed by atoms with Crippen molar-refractivity contribution in [2.75, 3.05) is 5.32 Å². The fraction of sp³-hybridized carbons (Fsp3) is 0.500. The summed E-state index contributed by atoms with van der Waals surface area (Å²) in [4.78, 5) is 29.6. The molecule has 0 radical (unpaired) electrons. The van der Waals surface area contributed by atoms with Crippen molar-refractivity contribution < 1.29 is 18.7 Å². The molecule has 7 heteroatoms. The van der Waals surface area contributed by atoms with Crippen LogP contribution < -0.4 is 5.32 Å². The molecule has 0 fully saturated rings. The molecule has 134 valence electrons. The molecule has 7 nitrogen and oxygen atoms in total. The molecule has 1 aliphatic rings. The first-order valence-corrected chi connectivity index (χ1v) is 8.44. The van der Waals surface area contributed by atoms with Crippen LogP contribution in [0.2, 0.25) is 0 Å². The third kappa shape index (κ3) is 3.60. The van der Waals surface area contributed by atoms with Gasteiger partial charge >= 0.3 is 5.97 Å². The Labute approximate surface area is 146 Å². The van der Waals surface area contributed by atoms with E-state index in [2.05, 4.69) is 10.3 Å². The maximum absolute atomic E-state index is 12.7. The van der Waals surface area contributed by atoms with Crippen molar-refractivity contribution in [1.29, 1.82) is 0 Å². The summed E-state index contributed by atoms with van der Waals surface area (Å²) in [7, 11) is 0. The monoisotopic (exact) mass is 345 g/mol. The van der Waals surface area contributed by atoms with Crippen LogP contribution in [0.3, 0.4) is 0 Å². The lowest BCUT2D eigenvalue weighted by molar-refractivity contribution is 0.00579. The number of aromatic nitrogens is 2. The molecule has 3 heterocycles. The minimum Gasteiger partial charge on any atom is -0.459 e. The average molecular weight is 345 g/mol. The second-order valence-electron chi connectivity index (χ2n) is 7.22. The summed E-state index contributed by atoms with van der Waals surface area (Å²) in [6.45, 7) is 7.90. The molecule has 1 amide bonds.